The van der Waals surface area contributed by atoms with Gasteiger partial charge in [0.05, 0.1) is 5.69 Å². The second-order valence-corrected chi connectivity index (χ2v) is 3.77. The molecule has 0 saturated heterocycles. The Hall–Kier alpha value is -1.61. The lowest BCUT2D eigenvalue weighted by molar-refractivity contribution is 0.214. The highest BCUT2D eigenvalue weighted by atomic mass is 16.3. The Bertz CT molecular complexity index is 449. The smallest absolute Gasteiger partial charge is 0.121 e. The number of hydrogen-bond acceptors (Lipinski definition) is 2. The number of aromatic nitrogens is 2. The van der Waals surface area contributed by atoms with E-state index in [9.17, 15) is 5.11 Å². The second-order valence-electron chi connectivity index (χ2n) is 3.77. The van der Waals surface area contributed by atoms with Gasteiger partial charge in [-0.15, -0.1) is 0 Å². The highest BCUT2D eigenvalue weighted by Crippen LogP contribution is 2.23. The van der Waals surface area contributed by atoms with Crippen LogP contribution in [-0.2, 0) is 0 Å². The fourth-order valence-electron chi connectivity index (χ4n) is 1.72. The van der Waals surface area contributed by atoms with Crippen LogP contribution in [0.1, 0.15) is 28.5 Å². The van der Waals surface area contributed by atoms with Crippen LogP contribution in [0.3, 0.4) is 0 Å². The van der Waals surface area contributed by atoms with Crippen molar-refractivity contribution in [3.63, 3.8) is 0 Å². The summed E-state index contributed by atoms with van der Waals surface area (Å²) < 4.78 is 0. The fraction of sp³-hybridized carbons (Fsp3) is 0.250. The molecule has 0 aliphatic carbocycles. The second kappa shape index (κ2) is 3.87. The molecule has 0 saturated carbocycles. The van der Waals surface area contributed by atoms with Gasteiger partial charge in [0, 0.05) is 6.20 Å². The van der Waals surface area contributed by atoms with E-state index in [1.54, 1.807) is 12.3 Å². The highest BCUT2D eigenvalue weighted by molar-refractivity contribution is 5.35. The molecule has 3 nitrogen and oxygen atoms in total. The number of H-pyrrole nitrogens is 1. The van der Waals surface area contributed by atoms with Gasteiger partial charge in [0.15, 0.2) is 0 Å². The Morgan fingerprint density at radius 3 is 2.67 bits per heavy atom. The quantitative estimate of drug-likeness (QED) is 0.783. The van der Waals surface area contributed by atoms with E-state index in [4.69, 9.17) is 0 Å². The first kappa shape index (κ1) is 9.93. The molecule has 2 N–H and O–H groups in total. The van der Waals surface area contributed by atoms with Crippen LogP contribution in [0.25, 0.3) is 0 Å². The first-order valence-corrected chi connectivity index (χ1v) is 4.93. The van der Waals surface area contributed by atoms with Gasteiger partial charge in [0.2, 0.25) is 0 Å². The molecule has 1 aromatic heterocycles. The number of nitrogens with one attached hydrogen (secondary N) is 1. The van der Waals surface area contributed by atoms with Gasteiger partial charge >= 0.3 is 0 Å². The predicted octanol–water partition coefficient (Wildman–Crippen LogP) is 2.11. The largest absolute Gasteiger partial charge is 0.382 e. The summed E-state index contributed by atoms with van der Waals surface area (Å²) in [6, 6.07) is 7.80. The minimum Gasteiger partial charge on any atom is -0.382 e. The number of nitrogens with zero attached hydrogens (tertiary/aromatic N) is 1. The Morgan fingerprint density at radius 2 is 2.07 bits per heavy atom. The molecule has 1 atom stereocenters. The first-order valence-electron chi connectivity index (χ1n) is 4.93. The lowest BCUT2D eigenvalue weighted by Gasteiger charge is -2.12. The van der Waals surface area contributed by atoms with Crippen LogP contribution < -0.4 is 0 Å². The Morgan fingerprint density at radius 1 is 1.27 bits per heavy atom. The molecule has 1 heterocycles. The van der Waals surface area contributed by atoms with Crippen molar-refractivity contribution in [3.8, 4) is 0 Å². The average Bonchev–Trinajstić information content (AvgIpc) is 2.69. The minimum atomic E-state index is -0.618. The van der Waals surface area contributed by atoms with E-state index in [-0.39, 0.29) is 0 Å². The Kier molecular flexibility index (Phi) is 2.56. The third-order valence-electron chi connectivity index (χ3n) is 2.54. The SMILES string of the molecule is Cc1ccc(C(O)c2ccn[nH]2)c(C)c1. The summed E-state index contributed by atoms with van der Waals surface area (Å²) in [5.74, 6) is 0. The predicted molar refractivity (Wildman–Crippen MR) is 58.6 cm³/mol. The first-order chi connectivity index (χ1) is 7.18. The van der Waals surface area contributed by atoms with E-state index in [0.717, 1.165) is 16.8 Å². The molecular weight excluding hydrogens is 188 g/mol. The average molecular weight is 202 g/mol. The molecule has 1 unspecified atom stereocenters. The molecule has 1 aromatic carbocycles. The van der Waals surface area contributed by atoms with Gasteiger partial charge in [-0.25, -0.2) is 0 Å². The van der Waals surface area contributed by atoms with Crippen molar-refractivity contribution < 1.29 is 5.11 Å². The van der Waals surface area contributed by atoms with Gasteiger partial charge < -0.3 is 5.11 Å². The van der Waals surface area contributed by atoms with Crippen LogP contribution >= 0.6 is 0 Å². The van der Waals surface area contributed by atoms with E-state index >= 15 is 0 Å². The molecule has 78 valence electrons. The van der Waals surface area contributed by atoms with Crippen molar-refractivity contribution in [2.24, 2.45) is 0 Å². The van der Waals surface area contributed by atoms with Crippen molar-refractivity contribution in [1.82, 2.24) is 10.2 Å². The lowest BCUT2D eigenvalue weighted by atomic mass is 9.99. The normalized spacial score (nSPS) is 12.7. The van der Waals surface area contributed by atoms with E-state index in [1.165, 1.54) is 5.56 Å². The van der Waals surface area contributed by atoms with E-state index in [2.05, 4.69) is 16.3 Å². The number of aliphatic hydroxyl groups is 1. The van der Waals surface area contributed by atoms with Crippen LogP contribution in [0.15, 0.2) is 30.5 Å². The number of aryl methyl sites for hydroxylation is 2. The maximum absolute atomic E-state index is 10.1. The van der Waals surface area contributed by atoms with Crippen molar-refractivity contribution in [3.05, 3.63) is 52.8 Å². The minimum absolute atomic E-state index is 0.618. The summed E-state index contributed by atoms with van der Waals surface area (Å²) in [5.41, 5.74) is 3.94. The molecular formula is C12H14N2O. The summed E-state index contributed by atoms with van der Waals surface area (Å²) in [6.07, 6.45) is 1.02. The molecule has 15 heavy (non-hydrogen) atoms. The number of rotatable bonds is 2. The molecule has 0 radical (unpaired) electrons. The maximum atomic E-state index is 10.1. The summed E-state index contributed by atoms with van der Waals surface area (Å²) >= 11 is 0. The third-order valence-corrected chi connectivity index (χ3v) is 2.54. The number of hydrogen-bond donors (Lipinski definition) is 2. The molecule has 3 heteroatoms. The zero-order valence-electron chi connectivity index (χ0n) is 8.86. The number of aromatic amines is 1. The topological polar surface area (TPSA) is 48.9 Å². The zero-order valence-corrected chi connectivity index (χ0v) is 8.86. The van der Waals surface area contributed by atoms with Crippen molar-refractivity contribution >= 4 is 0 Å². The van der Waals surface area contributed by atoms with Gasteiger partial charge in [-0.2, -0.15) is 5.10 Å². The van der Waals surface area contributed by atoms with Gasteiger partial charge in [-0.1, -0.05) is 23.8 Å². The summed E-state index contributed by atoms with van der Waals surface area (Å²) in [7, 11) is 0. The molecule has 0 spiro atoms. The summed E-state index contributed by atoms with van der Waals surface area (Å²) in [4.78, 5) is 0. The van der Waals surface area contributed by atoms with Gasteiger partial charge in [0.25, 0.3) is 0 Å². The van der Waals surface area contributed by atoms with E-state index in [1.807, 2.05) is 26.0 Å². The molecule has 0 bridgehead atoms. The van der Waals surface area contributed by atoms with Crippen molar-refractivity contribution in [2.45, 2.75) is 20.0 Å². The van der Waals surface area contributed by atoms with E-state index in [0.29, 0.717) is 0 Å². The highest BCUT2D eigenvalue weighted by Gasteiger charge is 2.13. The molecule has 0 amide bonds. The maximum Gasteiger partial charge on any atom is 0.121 e. The monoisotopic (exact) mass is 202 g/mol. The molecule has 0 aliphatic rings. The Labute approximate surface area is 88.8 Å². The summed E-state index contributed by atoms with van der Waals surface area (Å²) in [6.45, 7) is 4.04. The van der Waals surface area contributed by atoms with Gasteiger partial charge in [0.1, 0.15) is 6.10 Å². The molecule has 0 aliphatic heterocycles. The standard InChI is InChI=1S/C12H14N2O/c1-8-3-4-10(9(2)7-8)12(15)11-5-6-13-14-11/h3-7,12,15H,1-2H3,(H,13,14). The van der Waals surface area contributed by atoms with Crippen LogP contribution in [-0.4, -0.2) is 15.3 Å². The molecule has 2 rings (SSSR count). The van der Waals surface area contributed by atoms with Crippen LogP contribution in [0, 0.1) is 13.8 Å². The van der Waals surface area contributed by atoms with Crippen molar-refractivity contribution in [2.75, 3.05) is 0 Å². The number of benzene rings is 1. The molecule has 0 fully saturated rings. The van der Waals surface area contributed by atoms with Crippen LogP contribution in [0.2, 0.25) is 0 Å². The fourth-order valence-corrected chi connectivity index (χ4v) is 1.72. The van der Waals surface area contributed by atoms with E-state index < -0.39 is 6.10 Å². The van der Waals surface area contributed by atoms with Crippen molar-refractivity contribution in [1.29, 1.82) is 0 Å². The van der Waals surface area contributed by atoms with Gasteiger partial charge in [-0.05, 0) is 31.0 Å². The Balaban J connectivity index is 2.38. The molecule has 2 aromatic rings. The van der Waals surface area contributed by atoms with Crippen LogP contribution in [0.4, 0.5) is 0 Å². The van der Waals surface area contributed by atoms with Gasteiger partial charge in [-0.3, -0.25) is 5.10 Å². The lowest BCUT2D eigenvalue weighted by Crippen LogP contribution is -2.02. The van der Waals surface area contributed by atoms with Crippen LogP contribution in [0.5, 0.6) is 0 Å². The zero-order chi connectivity index (χ0) is 10.8. The summed E-state index contributed by atoms with van der Waals surface area (Å²) in [5, 5.41) is 16.7. The third kappa shape index (κ3) is 1.92. The number of aliphatic hydroxyl groups excluding tert-OH is 1.